The number of urea groups is 2. The summed E-state index contributed by atoms with van der Waals surface area (Å²) in [6.07, 6.45) is 25.4. The third-order valence-corrected chi connectivity index (χ3v) is 8.50. The van der Waals surface area contributed by atoms with Crippen molar-refractivity contribution in [1.29, 1.82) is 0 Å². The molecule has 40 heavy (non-hydrogen) atoms. The van der Waals surface area contributed by atoms with Crippen molar-refractivity contribution in [3.8, 4) is 0 Å². The van der Waals surface area contributed by atoms with Crippen LogP contribution >= 0.6 is 31.9 Å². The molecule has 0 saturated heterocycles. The fourth-order valence-corrected chi connectivity index (χ4v) is 5.89. The van der Waals surface area contributed by atoms with Crippen molar-refractivity contribution in [3.05, 3.63) is 21.1 Å². The third-order valence-electron chi connectivity index (χ3n) is 7.18. The summed E-state index contributed by atoms with van der Waals surface area (Å²) in [5.74, 6) is 0. The van der Waals surface area contributed by atoms with Gasteiger partial charge < -0.3 is 21.3 Å². The highest BCUT2D eigenvalue weighted by Crippen LogP contribution is 2.33. The standard InChI is InChI=1S/C32H56Br2N4O2/c1-3-5-7-9-11-13-15-17-19-21-23-35-31(39)37-29-26-30(28(34)25-27(29)33)38-32(40)36-24-22-20-18-16-14-12-10-8-6-4-2/h25-26H,3-24H2,1-2H3,(H2,35,37,39)(H2,36,38,40). The minimum Gasteiger partial charge on any atom is -0.338 e. The van der Waals surface area contributed by atoms with Gasteiger partial charge in [-0.2, -0.15) is 0 Å². The second kappa shape index (κ2) is 25.4. The van der Waals surface area contributed by atoms with Gasteiger partial charge in [0.05, 0.1) is 11.4 Å². The van der Waals surface area contributed by atoms with E-state index < -0.39 is 0 Å². The number of benzene rings is 1. The Bertz CT molecular complexity index is 746. The molecule has 1 aromatic carbocycles. The summed E-state index contributed by atoms with van der Waals surface area (Å²) >= 11 is 7.01. The van der Waals surface area contributed by atoms with Gasteiger partial charge in [0, 0.05) is 22.0 Å². The average Bonchev–Trinajstić information content (AvgIpc) is 2.93. The van der Waals surface area contributed by atoms with Crippen LogP contribution in [0.4, 0.5) is 21.0 Å². The first kappa shape index (κ1) is 36.7. The summed E-state index contributed by atoms with van der Waals surface area (Å²) in [5.41, 5.74) is 1.21. The van der Waals surface area contributed by atoms with Crippen LogP contribution in [0.2, 0.25) is 0 Å². The number of anilines is 2. The number of hydrogen-bond acceptors (Lipinski definition) is 2. The molecule has 0 atom stereocenters. The molecule has 0 aliphatic heterocycles. The van der Waals surface area contributed by atoms with Gasteiger partial charge in [0.2, 0.25) is 0 Å². The second-order valence-electron chi connectivity index (χ2n) is 10.9. The number of carbonyl (C=O) groups is 2. The smallest absolute Gasteiger partial charge is 0.319 e. The zero-order valence-corrected chi connectivity index (χ0v) is 28.5. The lowest BCUT2D eigenvalue weighted by atomic mass is 10.1. The van der Waals surface area contributed by atoms with Crippen LogP contribution in [-0.4, -0.2) is 25.2 Å². The van der Waals surface area contributed by atoms with Crippen LogP contribution in [0, 0.1) is 0 Å². The third kappa shape index (κ3) is 19.7. The van der Waals surface area contributed by atoms with Crippen LogP contribution in [0.5, 0.6) is 0 Å². The van der Waals surface area contributed by atoms with E-state index in [4.69, 9.17) is 0 Å². The van der Waals surface area contributed by atoms with Gasteiger partial charge in [-0.3, -0.25) is 0 Å². The van der Waals surface area contributed by atoms with Crippen LogP contribution in [0.1, 0.15) is 142 Å². The fraction of sp³-hybridized carbons (Fsp3) is 0.750. The van der Waals surface area contributed by atoms with Crippen molar-refractivity contribution < 1.29 is 9.59 Å². The number of amides is 4. The molecule has 230 valence electrons. The van der Waals surface area contributed by atoms with Gasteiger partial charge in [0.1, 0.15) is 0 Å². The predicted octanol–water partition coefficient (Wildman–Crippen LogP) is 11.3. The molecule has 8 heteroatoms. The summed E-state index contributed by atoms with van der Waals surface area (Å²) < 4.78 is 1.48. The summed E-state index contributed by atoms with van der Waals surface area (Å²) in [6, 6.07) is 3.11. The molecule has 1 rings (SSSR count). The van der Waals surface area contributed by atoms with Crippen LogP contribution in [0.25, 0.3) is 0 Å². The molecule has 0 aliphatic carbocycles. The highest BCUT2D eigenvalue weighted by Gasteiger charge is 2.12. The topological polar surface area (TPSA) is 82.3 Å². The van der Waals surface area contributed by atoms with Crippen LogP contribution in [0.15, 0.2) is 21.1 Å². The summed E-state index contributed by atoms with van der Waals surface area (Å²) in [7, 11) is 0. The maximum Gasteiger partial charge on any atom is 0.319 e. The lowest BCUT2D eigenvalue weighted by molar-refractivity contribution is 0.251. The molecular weight excluding hydrogens is 632 g/mol. The molecule has 4 N–H and O–H groups in total. The predicted molar refractivity (Wildman–Crippen MR) is 180 cm³/mol. The number of halogens is 2. The van der Waals surface area contributed by atoms with Crippen molar-refractivity contribution in [2.24, 2.45) is 0 Å². The van der Waals surface area contributed by atoms with Crippen LogP contribution in [0.3, 0.4) is 0 Å². The number of carbonyl (C=O) groups excluding carboxylic acids is 2. The van der Waals surface area contributed by atoms with Crippen molar-refractivity contribution in [2.45, 2.75) is 142 Å². The SMILES string of the molecule is CCCCCCCCCCCCNC(=O)Nc1cc(NC(=O)NCCCCCCCCCCCC)c(Br)cc1Br. The van der Waals surface area contributed by atoms with E-state index in [9.17, 15) is 9.59 Å². The van der Waals surface area contributed by atoms with Crippen molar-refractivity contribution in [2.75, 3.05) is 23.7 Å². The Morgan fingerprint density at radius 2 is 0.800 bits per heavy atom. The lowest BCUT2D eigenvalue weighted by Crippen LogP contribution is -2.30. The monoisotopic (exact) mass is 686 g/mol. The molecule has 0 fully saturated rings. The summed E-state index contributed by atoms with van der Waals surface area (Å²) in [5, 5.41) is 11.7. The van der Waals surface area contributed by atoms with Crippen LogP contribution in [-0.2, 0) is 0 Å². The average molecular weight is 689 g/mol. The first-order valence-corrected chi connectivity index (χ1v) is 17.6. The molecule has 1 aromatic rings. The highest BCUT2D eigenvalue weighted by molar-refractivity contribution is 9.11. The molecule has 0 unspecified atom stereocenters. The van der Waals surface area contributed by atoms with Crippen molar-refractivity contribution >= 4 is 55.3 Å². The Balaban J connectivity index is 2.21. The van der Waals surface area contributed by atoms with E-state index in [0.29, 0.717) is 24.5 Å². The molecule has 6 nitrogen and oxygen atoms in total. The minimum atomic E-state index is -0.240. The van der Waals surface area contributed by atoms with Crippen LogP contribution < -0.4 is 21.3 Å². The Morgan fingerprint density at radius 1 is 0.500 bits per heavy atom. The number of unbranched alkanes of at least 4 members (excludes halogenated alkanes) is 18. The van der Waals surface area contributed by atoms with Gasteiger partial charge in [0.15, 0.2) is 0 Å². The lowest BCUT2D eigenvalue weighted by Gasteiger charge is -2.14. The summed E-state index contributed by atoms with van der Waals surface area (Å²) in [6.45, 7) is 5.82. The number of rotatable bonds is 24. The first-order valence-electron chi connectivity index (χ1n) is 16.1. The van der Waals surface area contributed by atoms with Gasteiger partial charge in [0.25, 0.3) is 0 Å². The zero-order chi connectivity index (χ0) is 29.3. The quantitative estimate of drug-likeness (QED) is 0.0816. The Kier molecular flexibility index (Phi) is 23.4. The number of nitrogens with one attached hydrogen (secondary N) is 4. The van der Waals surface area contributed by atoms with E-state index in [1.165, 1.54) is 103 Å². The van der Waals surface area contributed by atoms with E-state index in [-0.39, 0.29) is 12.1 Å². The maximum absolute atomic E-state index is 12.4. The molecule has 0 spiro atoms. The van der Waals surface area contributed by atoms with E-state index in [1.807, 2.05) is 6.07 Å². The molecule has 0 heterocycles. The normalized spacial score (nSPS) is 10.9. The minimum absolute atomic E-state index is 0.240. The van der Waals surface area contributed by atoms with E-state index >= 15 is 0 Å². The van der Waals surface area contributed by atoms with Gasteiger partial charge in [-0.25, -0.2) is 9.59 Å². The second-order valence-corrected chi connectivity index (χ2v) is 12.6. The first-order chi connectivity index (χ1) is 19.5. The Hall–Kier alpha value is -1.28. The molecule has 0 bridgehead atoms. The molecule has 0 aliphatic rings. The summed E-state index contributed by atoms with van der Waals surface area (Å²) in [4.78, 5) is 24.8. The molecule has 4 amide bonds. The Labute approximate surface area is 261 Å². The van der Waals surface area contributed by atoms with E-state index in [2.05, 4.69) is 67.0 Å². The van der Waals surface area contributed by atoms with Gasteiger partial charge >= 0.3 is 12.1 Å². The fourth-order valence-electron chi connectivity index (χ4n) is 4.70. The largest absolute Gasteiger partial charge is 0.338 e. The highest BCUT2D eigenvalue weighted by atomic mass is 79.9. The van der Waals surface area contributed by atoms with Gasteiger partial charge in [-0.05, 0) is 56.8 Å². The zero-order valence-electron chi connectivity index (χ0n) is 25.3. The van der Waals surface area contributed by atoms with E-state index in [1.54, 1.807) is 6.07 Å². The molecule has 0 saturated carbocycles. The maximum atomic E-state index is 12.4. The number of hydrogen-bond donors (Lipinski definition) is 4. The molecule has 0 radical (unpaired) electrons. The Morgan fingerprint density at radius 3 is 1.12 bits per heavy atom. The van der Waals surface area contributed by atoms with Crippen molar-refractivity contribution in [3.63, 3.8) is 0 Å². The molecular formula is C32H56Br2N4O2. The van der Waals surface area contributed by atoms with Crippen molar-refractivity contribution in [1.82, 2.24) is 10.6 Å². The van der Waals surface area contributed by atoms with Gasteiger partial charge in [-0.1, -0.05) is 129 Å². The van der Waals surface area contributed by atoms with E-state index in [0.717, 1.165) is 34.6 Å². The van der Waals surface area contributed by atoms with Gasteiger partial charge in [-0.15, -0.1) is 0 Å². The molecule has 0 aromatic heterocycles.